The topological polar surface area (TPSA) is 90.9 Å². The SMILES string of the molecule is Cc1ncsc1CCC(=O)N1CCN(c2ncnc3nc[nH]c23)CC1. The van der Waals surface area contributed by atoms with Crippen LogP contribution in [0.2, 0.25) is 0 Å². The van der Waals surface area contributed by atoms with Gasteiger partial charge in [-0.1, -0.05) is 0 Å². The maximum absolute atomic E-state index is 12.5. The fourth-order valence-corrected chi connectivity index (χ4v) is 3.89. The van der Waals surface area contributed by atoms with Crippen molar-refractivity contribution in [3.05, 3.63) is 28.7 Å². The Morgan fingerprint density at radius 1 is 1.20 bits per heavy atom. The molecule has 0 aromatic carbocycles. The number of carbonyl (C=O) groups is 1. The molecule has 1 aliphatic rings. The number of anilines is 1. The third-order valence-electron chi connectivity index (χ3n) is 4.55. The zero-order valence-electron chi connectivity index (χ0n) is 14.0. The normalized spacial score (nSPS) is 15.1. The molecule has 3 aromatic heterocycles. The maximum Gasteiger partial charge on any atom is 0.223 e. The molecule has 0 bridgehead atoms. The van der Waals surface area contributed by atoms with Gasteiger partial charge in [0.25, 0.3) is 0 Å². The van der Waals surface area contributed by atoms with Crippen molar-refractivity contribution in [1.82, 2.24) is 29.8 Å². The number of fused-ring (bicyclic) bond motifs is 1. The van der Waals surface area contributed by atoms with Gasteiger partial charge < -0.3 is 14.8 Å². The summed E-state index contributed by atoms with van der Waals surface area (Å²) in [6, 6.07) is 0. The molecule has 4 heterocycles. The first-order valence-corrected chi connectivity index (χ1v) is 9.16. The molecule has 3 aromatic rings. The number of H-pyrrole nitrogens is 1. The fraction of sp³-hybridized carbons (Fsp3) is 0.438. The van der Waals surface area contributed by atoms with Crippen LogP contribution in [0.4, 0.5) is 5.82 Å². The van der Waals surface area contributed by atoms with E-state index in [4.69, 9.17) is 0 Å². The third-order valence-corrected chi connectivity index (χ3v) is 5.54. The van der Waals surface area contributed by atoms with E-state index in [2.05, 4.69) is 29.8 Å². The highest BCUT2D eigenvalue weighted by Crippen LogP contribution is 2.21. The number of rotatable bonds is 4. The van der Waals surface area contributed by atoms with E-state index >= 15 is 0 Å². The van der Waals surface area contributed by atoms with Crippen LogP contribution in [-0.4, -0.2) is 61.9 Å². The molecule has 1 fully saturated rings. The van der Waals surface area contributed by atoms with Crippen molar-refractivity contribution >= 4 is 34.2 Å². The lowest BCUT2D eigenvalue weighted by Crippen LogP contribution is -2.49. The monoisotopic (exact) mass is 357 g/mol. The van der Waals surface area contributed by atoms with E-state index in [1.807, 2.05) is 17.3 Å². The molecule has 0 radical (unpaired) electrons. The summed E-state index contributed by atoms with van der Waals surface area (Å²) in [5, 5.41) is 0. The molecule has 0 spiro atoms. The van der Waals surface area contributed by atoms with Crippen LogP contribution in [0, 0.1) is 6.92 Å². The molecule has 0 aliphatic carbocycles. The predicted octanol–water partition coefficient (Wildman–Crippen LogP) is 1.40. The summed E-state index contributed by atoms with van der Waals surface area (Å²) in [5.41, 5.74) is 4.40. The largest absolute Gasteiger partial charge is 0.351 e. The Labute approximate surface area is 148 Å². The number of aryl methyl sites for hydroxylation is 2. The van der Waals surface area contributed by atoms with E-state index in [0.717, 1.165) is 36.5 Å². The Kier molecular flexibility index (Phi) is 4.31. The van der Waals surface area contributed by atoms with Crippen LogP contribution < -0.4 is 4.90 Å². The summed E-state index contributed by atoms with van der Waals surface area (Å²) >= 11 is 1.62. The second-order valence-corrected chi connectivity index (χ2v) is 6.97. The summed E-state index contributed by atoms with van der Waals surface area (Å²) in [6.07, 6.45) is 4.48. The Hall–Kier alpha value is -2.55. The number of amides is 1. The highest BCUT2D eigenvalue weighted by Gasteiger charge is 2.23. The van der Waals surface area contributed by atoms with E-state index in [-0.39, 0.29) is 5.91 Å². The molecule has 0 atom stereocenters. The van der Waals surface area contributed by atoms with Gasteiger partial charge in [-0.05, 0) is 13.3 Å². The standard InChI is InChI=1S/C16H19N7OS/c1-11-12(25-10-21-11)2-3-13(24)22-4-6-23(7-5-22)16-14-15(18-8-17-14)19-9-20-16/h8-10H,2-7H2,1H3,(H,17,18,19,20). The van der Waals surface area contributed by atoms with Crippen molar-refractivity contribution in [2.45, 2.75) is 19.8 Å². The van der Waals surface area contributed by atoms with E-state index in [0.29, 0.717) is 25.2 Å². The van der Waals surface area contributed by atoms with Crippen LogP contribution in [0.3, 0.4) is 0 Å². The Bertz CT molecular complexity index is 881. The summed E-state index contributed by atoms with van der Waals surface area (Å²) in [6.45, 7) is 4.93. The van der Waals surface area contributed by atoms with Gasteiger partial charge >= 0.3 is 0 Å². The highest BCUT2D eigenvalue weighted by molar-refractivity contribution is 7.09. The number of imidazole rings is 1. The lowest BCUT2D eigenvalue weighted by atomic mass is 10.2. The first-order valence-electron chi connectivity index (χ1n) is 8.28. The summed E-state index contributed by atoms with van der Waals surface area (Å²) < 4.78 is 0. The number of piperazine rings is 1. The molecular formula is C16H19N7OS. The molecule has 1 N–H and O–H groups in total. The van der Waals surface area contributed by atoms with Crippen molar-refractivity contribution < 1.29 is 4.79 Å². The third kappa shape index (κ3) is 3.19. The average molecular weight is 357 g/mol. The van der Waals surface area contributed by atoms with Crippen molar-refractivity contribution in [3.63, 3.8) is 0 Å². The number of hydrogen-bond acceptors (Lipinski definition) is 7. The van der Waals surface area contributed by atoms with Gasteiger partial charge in [0.05, 0.1) is 17.5 Å². The Morgan fingerprint density at radius 2 is 2.04 bits per heavy atom. The lowest BCUT2D eigenvalue weighted by molar-refractivity contribution is -0.131. The minimum atomic E-state index is 0.210. The van der Waals surface area contributed by atoms with Crippen LogP contribution in [0.1, 0.15) is 17.0 Å². The molecule has 25 heavy (non-hydrogen) atoms. The van der Waals surface area contributed by atoms with Crippen LogP contribution in [0.15, 0.2) is 18.2 Å². The molecule has 1 aliphatic heterocycles. The maximum atomic E-state index is 12.5. The van der Waals surface area contributed by atoms with Crippen LogP contribution >= 0.6 is 11.3 Å². The van der Waals surface area contributed by atoms with Crippen molar-refractivity contribution in [2.24, 2.45) is 0 Å². The van der Waals surface area contributed by atoms with Crippen LogP contribution in [0.5, 0.6) is 0 Å². The fourth-order valence-electron chi connectivity index (χ4n) is 3.10. The van der Waals surface area contributed by atoms with Crippen LogP contribution in [-0.2, 0) is 11.2 Å². The Morgan fingerprint density at radius 3 is 2.80 bits per heavy atom. The molecule has 1 saturated heterocycles. The summed E-state index contributed by atoms with van der Waals surface area (Å²) in [7, 11) is 0. The van der Waals surface area contributed by atoms with E-state index in [9.17, 15) is 4.79 Å². The first kappa shape index (κ1) is 15.9. The molecule has 1 amide bonds. The molecule has 4 rings (SSSR count). The second kappa shape index (κ2) is 6.75. The molecule has 130 valence electrons. The van der Waals surface area contributed by atoms with Gasteiger partial charge in [0.15, 0.2) is 11.5 Å². The van der Waals surface area contributed by atoms with Crippen molar-refractivity contribution in [2.75, 3.05) is 31.1 Å². The van der Waals surface area contributed by atoms with Crippen molar-refractivity contribution in [3.8, 4) is 0 Å². The average Bonchev–Trinajstić information content (AvgIpc) is 3.28. The molecule has 8 nitrogen and oxygen atoms in total. The quantitative estimate of drug-likeness (QED) is 0.759. The second-order valence-electron chi connectivity index (χ2n) is 6.03. The number of thiazole rings is 1. The van der Waals surface area contributed by atoms with Gasteiger partial charge in [-0.15, -0.1) is 11.3 Å². The number of carbonyl (C=O) groups excluding carboxylic acids is 1. The summed E-state index contributed by atoms with van der Waals surface area (Å²) in [5.74, 6) is 1.07. The molecular weight excluding hydrogens is 338 g/mol. The minimum Gasteiger partial charge on any atom is -0.351 e. The molecule has 0 unspecified atom stereocenters. The van der Waals surface area contributed by atoms with Crippen molar-refractivity contribution in [1.29, 1.82) is 0 Å². The number of hydrogen-bond donors (Lipinski definition) is 1. The van der Waals surface area contributed by atoms with E-state index < -0.39 is 0 Å². The van der Waals surface area contributed by atoms with Gasteiger partial charge in [0.1, 0.15) is 11.8 Å². The Balaban J connectivity index is 1.36. The summed E-state index contributed by atoms with van der Waals surface area (Å²) in [4.78, 5) is 37.8. The van der Waals surface area contributed by atoms with Gasteiger partial charge in [0.2, 0.25) is 5.91 Å². The van der Waals surface area contributed by atoms with Gasteiger partial charge in [-0.3, -0.25) is 4.79 Å². The highest BCUT2D eigenvalue weighted by atomic mass is 32.1. The number of nitrogens with one attached hydrogen (secondary N) is 1. The number of aromatic nitrogens is 5. The lowest BCUT2D eigenvalue weighted by Gasteiger charge is -2.35. The zero-order valence-corrected chi connectivity index (χ0v) is 14.8. The zero-order chi connectivity index (χ0) is 17.2. The first-order chi connectivity index (χ1) is 12.2. The number of aromatic amines is 1. The smallest absolute Gasteiger partial charge is 0.223 e. The van der Waals surface area contributed by atoms with Crippen LogP contribution in [0.25, 0.3) is 11.2 Å². The number of nitrogens with zero attached hydrogens (tertiary/aromatic N) is 6. The molecule has 0 saturated carbocycles. The van der Waals surface area contributed by atoms with Gasteiger partial charge in [-0.2, -0.15) is 0 Å². The van der Waals surface area contributed by atoms with E-state index in [1.165, 1.54) is 11.2 Å². The van der Waals surface area contributed by atoms with E-state index in [1.54, 1.807) is 17.7 Å². The van der Waals surface area contributed by atoms with Gasteiger partial charge in [0, 0.05) is 37.5 Å². The predicted molar refractivity (Wildman–Crippen MR) is 95.6 cm³/mol. The van der Waals surface area contributed by atoms with Gasteiger partial charge in [-0.25, -0.2) is 19.9 Å². The molecule has 9 heteroatoms. The minimum absolute atomic E-state index is 0.210.